The van der Waals surface area contributed by atoms with E-state index in [1.54, 1.807) is 6.26 Å². The van der Waals surface area contributed by atoms with E-state index in [4.69, 9.17) is 4.42 Å². The molecule has 3 aromatic rings. The number of thioether (sulfide) groups is 1. The molecule has 2 heterocycles. The van der Waals surface area contributed by atoms with Gasteiger partial charge in [-0.3, -0.25) is 9.36 Å². The van der Waals surface area contributed by atoms with Crippen molar-refractivity contribution in [3.8, 4) is 11.6 Å². The molecule has 0 saturated carbocycles. The topological polar surface area (TPSA) is 73.0 Å². The highest BCUT2D eigenvalue weighted by molar-refractivity contribution is 14.1. The first-order valence-electron chi connectivity index (χ1n) is 8.68. The standard InChI is InChI=1S/C19H21IN4O2S/c1-4-24-18(16-6-5-9-26-16)22-23-19(24)27-11-17(25)21-15-8-7-13(20)10-14(15)12(2)3/h5-10,12H,4,11H2,1-3H3,(H,21,25). The Balaban J connectivity index is 1.68. The van der Waals surface area contributed by atoms with Gasteiger partial charge in [-0.25, -0.2) is 0 Å². The van der Waals surface area contributed by atoms with Crippen LogP contribution in [-0.4, -0.2) is 26.4 Å². The fourth-order valence-corrected chi connectivity index (χ4v) is 4.03. The van der Waals surface area contributed by atoms with Gasteiger partial charge in [-0.2, -0.15) is 0 Å². The summed E-state index contributed by atoms with van der Waals surface area (Å²) in [5.74, 6) is 1.88. The van der Waals surface area contributed by atoms with Gasteiger partial charge in [0.15, 0.2) is 16.7 Å². The maximum atomic E-state index is 12.5. The predicted octanol–water partition coefficient (Wildman–Crippen LogP) is 5.02. The summed E-state index contributed by atoms with van der Waals surface area (Å²) in [6, 6.07) is 9.73. The first kappa shape index (κ1) is 19.9. The number of furan rings is 1. The summed E-state index contributed by atoms with van der Waals surface area (Å²) in [5.41, 5.74) is 2.00. The second-order valence-corrected chi connectivity index (χ2v) is 8.44. The minimum absolute atomic E-state index is 0.0618. The predicted molar refractivity (Wildman–Crippen MR) is 116 cm³/mol. The van der Waals surface area contributed by atoms with E-state index < -0.39 is 0 Å². The quantitative estimate of drug-likeness (QED) is 0.368. The monoisotopic (exact) mass is 496 g/mol. The summed E-state index contributed by atoms with van der Waals surface area (Å²) >= 11 is 3.65. The van der Waals surface area contributed by atoms with Crippen molar-refractivity contribution in [3.05, 3.63) is 45.7 Å². The maximum Gasteiger partial charge on any atom is 0.234 e. The van der Waals surface area contributed by atoms with Crippen LogP contribution in [0, 0.1) is 3.57 Å². The Morgan fingerprint density at radius 2 is 2.15 bits per heavy atom. The molecule has 0 radical (unpaired) electrons. The van der Waals surface area contributed by atoms with Gasteiger partial charge in [0.2, 0.25) is 5.91 Å². The fraction of sp³-hybridized carbons (Fsp3) is 0.316. The Kier molecular flexibility index (Phi) is 6.59. The Bertz CT molecular complexity index is 922. The normalized spacial score (nSPS) is 11.1. The summed E-state index contributed by atoms with van der Waals surface area (Å²) < 4.78 is 8.52. The number of hydrogen-bond acceptors (Lipinski definition) is 5. The minimum Gasteiger partial charge on any atom is -0.461 e. The van der Waals surface area contributed by atoms with Crippen molar-refractivity contribution in [2.24, 2.45) is 0 Å². The third-order valence-electron chi connectivity index (χ3n) is 4.02. The number of hydrogen-bond donors (Lipinski definition) is 1. The number of carbonyl (C=O) groups is 1. The highest BCUT2D eigenvalue weighted by Gasteiger charge is 2.17. The van der Waals surface area contributed by atoms with Crippen molar-refractivity contribution in [3.63, 3.8) is 0 Å². The van der Waals surface area contributed by atoms with Gasteiger partial charge in [-0.05, 0) is 71.3 Å². The molecule has 0 aliphatic carbocycles. The van der Waals surface area contributed by atoms with Crippen LogP contribution in [0.2, 0.25) is 0 Å². The van der Waals surface area contributed by atoms with Crippen molar-refractivity contribution >= 4 is 45.9 Å². The van der Waals surface area contributed by atoms with Crippen LogP contribution < -0.4 is 5.32 Å². The largest absolute Gasteiger partial charge is 0.461 e. The molecule has 142 valence electrons. The number of amides is 1. The zero-order valence-corrected chi connectivity index (χ0v) is 18.4. The Morgan fingerprint density at radius 3 is 2.81 bits per heavy atom. The molecule has 0 saturated heterocycles. The average molecular weight is 496 g/mol. The lowest BCUT2D eigenvalue weighted by Crippen LogP contribution is -2.16. The van der Waals surface area contributed by atoms with Gasteiger partial charge in [-0.1, -0.05) is 25.6 Å². The van der Waals surface area contributed by atoms with E-state index in [0.717, 1.165) is 14.8 Å². The zero-order valence-electron chi connectivity index (χ0n) is 15.4. The van der Waals surface area contributed by atoms with Crippen molar-refractivity contribution in [1.29, 1.82) is 0 Å². The highest BCUT2D eigenvalue weighted by Crippen LogP contribution is 2.27. The molecule has 0 unspecified atom stereocenters. The van der Waals surface area contributed by atoms with E-state index in [1.165, 1.54) is 11.8 Å². The third-order valence-corrected chi connectivity index (χ3v) is 5.65. The van der Waals surface area contributed by atoms with Crippen molar-refractivity contribution in [1.82, 2.24) is 14.8 Å². The molecule has 3 rings (SSSR count). The molecule has 0 atom stereocenters. The van der Waals surface area contributed by atoms with E-state index in [1.807, 2.05) is 35.8 Å². The van der Waals surface area contributed by atoms with Gasteiger partial charge in [0.05, 0.1) is 12.0 Å². The third kappa shape index (κ3) is 4.73. The Labute approximate surface area is 176 Å². The Hall–Kier alpha value is -1.81. The van der Waals surface area contributed by atoms with Gasteiger partial charge >= 0.3 is 0 Å². The summed E-state index contributed by atoms with van der Waals surface area (Å²) in [6.07, 6.45) is 1.61. The van der Waals surface area contributed by atoms with Crippen LogP contribution in [-0.2, 0) is 11.3 Å². The average Bonchev–Trinajstić information content (AvgIpc) is 3.30. The van der Waals surface area contributed by atoms with E-state index in [9.17, 15) is 4.79 Å². The van der Waals surface area contributed by atoms with Gasteiger partial charge in [0, 0.05) is 15.8 Å². The molecule has 1 aromatic carbocycles. The number of aromatic nitrogens is 3. The molecule has 0 fully saturated rings. The molecule has 27 heavy (non-hydrogen) atoms. The molecule has 1 N–H and O–H groups in total. The lowest BCUT2D eigenvalue weighted by Gasteiger charge is -2.14. The van der Waals surface area contributed by atoms with Gasteiger partial charge in [-0.15, -0.1) is 10.2 Å². The molecule has 8 heteroatoms. The van der Waals surface area contributed by atoms with Crippen LogP contribution in [0.15, 0.2) is 46.2 Å². The van der Waals surface area contributed by atoms with Crippen LogP contribution in [0.1, 0.15) is 32.3 Å². The molecule has 6 nitrogen and oxygen atoms in total. The second-order valence-electron chi connectivity index (χ2n) is 6.25. The molecule has 0 aliphatic rings. The molecule has 2 aromatic heterocycles. The van der Waals surface area contributed by atoms with Crippen LogP contribution in [0.4, 0.5) is 5.69 Å². The van der Waals surface area contributed by atoms with Crippen LogP contribution in [0.5, 0.6) is 0 Å². The number of nitrogens with zero attached hydrogens (tertiary/aromatic N) is 3. The van der Waals surface area contributed by atoms with Crippen molar-refractivity contribution < 1.29 is 9.21 Å². The van der Waals surface area contributed by atoms with Gasteiger partial charge in [0.25, 0.3) is 0 Å². The van der Waals surface area contributed by atoms with E-state index >= 15 is 0 Å². The lowest BCUT2D eigenvalue weighted by atomic mass is 10.0. The first-order valence-corrected chi connectivity index (χ1v) is 10.7. The maximum absolute atomic E-state index is 12.5. The molecule has 0 aliphatic heterocycles. The number of nitrogens with one attached hydrogen (secondary N) is 1. The van der Waals surface area contributed by atoms with Crippen LogP contribution >= 0.6 is 34.4 Å². The zero-order chi connectivity index (χ0) is 19.4. The summed E-state index contributed by atoms with van der Waals surface area (Å²) in [4.78, 5) is 12.5. The van der Waals surface area contributed by atoms with Crippen molar-refractivity contribution in [2.75, 3.05) is 11.1 Å². The second kappa shape index (κ2) is 8.92. The van der Waals surface area contributed by atoms with Gasteiger partial charge < -0.3 is 9.73 Å². The minimum atomic E-state index is -0.0618. The molecule has 0 spiro atoms. The summed E-state index contributed by atoms with van der Waals surface area (Å²) in [5, 5.41) is 12.1. The lowest BCUT2D eigenvalue weighted by molar-refractivity contribution is -0.113. The number of anilines is 1. The SMILES string of the molecule is CCn1c(SCC(=O)Nc2ccc(I)cc2C(C)C)nnc1-c1ccco1. The molecule has 0 bridgehead atoms. The van der Waals surface area contributed by atoms with Crippen molar-refractivity contribution in [2.45, 2.75) is 38.4 Å². The fourth-order valence-electron chi connectivity index (χ4n) is 2.71. The van der Waals surface area contributed by atoms with E-state index in [2.05, 4.69) is 58.0 Å². The van der Waals surface area contributed by atoms with Crippen LogP contribution in [0.25, 0.3) is 11.6 Å². The van der Waals surface area contributed by atoms with Crippen LogP contribution in [0.3, 0.4) is 0 Å². The van der Waals surface area contributed by atoms with E-state index in [0.29, 0.717) is 29.2 Å². The number of benzene rings is 1. The number of carbonyl (C=O) groups excluding carboxylic acids is 1. The first-order chi connectivity index (χ1) is 13.0. The Morgan fingerprint density at radius 1 is 1.33 bits per heavy atom. The smallest absolute Gasteiger partial charge is 0.234 e. The van der Waals surface area contributed by atoms with E-state index in [-0.39, 0.29) is 11.7 Å². The highest BCUT2D eigenvalue weighted by atomic mass is 127. The molecule has 1 amide bonds. The van der Waals surface area contributed by atoms with Gasteiger partial charge in [0.1, 0.15) is 0 Å². The summed E-state index contributed by atoms with van der Waals surface area (Å²) in [6.45, 7) is 6.95. The summed E-state index contributed by atoms with van der Waals surface area (Å²) in [7, 11) is 0. The molecular formula is C19H21IN4O2S. The number of halogens is 1. The number of rotatable bonds is 7. The molecular weight excluding hydrogens is 475 g/mol.